The summed E-state index contributed by atoms with van der Waals surface area (Å²) < 4.78 is 5.92. The van der Waals surface area contributed by atoms with Gasteiger partial charge in [-0.05, 0) is 31.2 Å². The van der Waals surface area contributed by atoms with Gasteiger partial charge in [-0.25, -0.2) is 0 Å². The molecule has 1 aliphatic rings. The smallest absolute Gasteiger partial charge is 0.0978 e. The van der Waals surface area contributed by atoms with E-state index in [1.807, 2.05) is 13.0 Å². The van der Waals surface area contributed by atoms with Crippen LogP contribution in [0.15, 0.2) is 30.3 Å². The van der Waals surface area contributed by atoms with Gasteiger partial charge in [0.2, 0.25) is 0 Å². The first kappa shape index (κ1) is 13.6. The lowest BCUT2D eigenvalue weighted by Gasteiger charge is -2.33. The minimum absolute atomic E-state index is 0.0549. The number of benzene rings is 1. The lowest BCUT2D eigenvalue weighted by molar-refractivity contribution is 0.0223. The molecule has 0 radical (unpaired) electrons. The molecule has 1 saturated carbocycles. The van der Waals surface area contributed by atoms with E-state index in [2.05, 4.69) is 24.3 Å². The summed E-state index contributed by atoms with van der Waals surface area (Å²) in [4.78, 5) is 0. The van der Waals surface area contributed by atoms with E-state index < -0.39 is 0 Å². The third-order valence-corrected chi connectivity index (χ3v) is 4.02. The molecule has 0 aromatic heterocycles. The molecule has 0 amide bonds. The average Bonchev–Trinajstić information content (AvgIpc) is 2.46. The van der Waals surface area contributed by atoms with Crippen LogP contribution in [-0.4, -0.2) is 12.6 Å². The van der Waals surface area contributed by atoms with Gasteiger partial charge in [-0.3, -0.25) is 0 Å². The van der Waals surface area contributed by atoms with Crippen LogP contribution in [-0.2, 0) is 4.74 Å². The van der Waals surface area contributed by atoms with Crippen LogP contribution in [0.5, 0.6) is 0 Å². The van der Waals surface area contributed by atoms with Crippen LogP contribution in [0.25, 0.3) is 0 Å². The van der Waals surface area contributed by atoms with Gasteiger partial charge < -0.3 is 10.5 Å². The van der Waals surface area contributed by atoms with Gasteiger partial charge in [-0.15, -0.1) is 0 Å². The van der Waals surface area contributed by atoms with Crippen LogP contribution in [0.3, 0.4) is 0 Å². The summed E-state index contributed by atoms with van der Waals surface area (Å²) >= 11 is 0. The Morgan fingerprint density at radius 2 is 1.83 bits per heavy atom. The minimum Gasteiger partial charge on any atom is -0.372 e. The zero-order chi connectivity index (χ0) is 12.8. The molecule has 2 unspecified atom stereocenters. The Balaban J connectivity index is 2.08. The van der Waals surface area contributed by atoms with Crippen LogP contribution in [0.1, 0.15) is 50.7 Å². The summed E-state index contributed by atoms with van der Waals surface area (Å²) in [5, 5.41) is 0. The molecule has 2 N–H and O–H groups in total. The zero-order valence-electron chi connectivity index (χ0n) is 11.3. The largest absolute Gasteiger partial charge is 0.372 e. The first-order chi connectivity index (χ1) is 8.83. The van der Waals surface area contributed by atoms with Gasteiger partial charge in [0.25, 0.3) is 0 Å². The highest BCUT2D eigenvalue weighted by Gasteiger charge is 2.28. The highest BCUT2D eigenvalue weighted by atomic mass is 16.5. The molecule has 1 aliphatic carbocycles. The van der Waals surface area contributed by atoms with Crippen molar-refractivity contribution in [1.82, 2.24) is 0 Å². The van der Waals surface area contributed by atoms with Gasteiger partial charge in [0.05, 0.1) is 6.10 Å². The maximum atomic E-state index is 6.49. The van der Waals surface area contributed by atoms with E-state index in [0.29, 0.717) is 5.92 Å². The van der Waals surface area contributed by atoms with E-state index in [1.165, 1.54) is 37.7 Å². The van der Waals surface area contributed by atoms with Crippen molar-refractivity contribution in [2.24, 2.45) is 11.7 Å². The fourth-order valence-corrected chi connectivity index (χ4v) is 3.02. The molecule has 0 saturated heterocycles. The molecule has 0 aliphatic heterocycles. The second-order valence-corrected chi connectivity index (χ2v) is 5.26. The maximum absolute atomic E-state index is 6.49. The minimum atomic E-state index is 0.0549. The first-order valence-electron chi connectivity index (χ1n) is 7.25. The van der Waals surface area contributed by atoms with E-state index in [-0.39, 0.29) is 12.1 Å². The Bertz CT molecular complexity index is 332. The molecule has 1 aromatic carbocycles. The van der Waals surface area contributed by atoms with E-state index in [9.17, 15) is 0 Å². The number of nitrogens with two attached hydrogens (primary N) is 1. The molecule has 0 spiro atoms. The van der Waals surface area contributed by atoms with Crippen molar-refractivity contribution < 1.29 is 4.74 Å². The average molecular weight is 247 g/mol. The van der Waals surface area contributed by atoms with Crippen LogP contribution in [0.4, 0.5) is 0 Å². The van der Waals surface area contributed by atoms with Crippen molar-refractivity contribution in [2.45, 2.75) is 51.2 Å². The molecule has 1 aromatic rings. The van der Waals surface area contributed by atoms with Gasteiger partial charge in [0.1, 0.15) is 0 Å². The molecule has 18 heavy (non-hydrogen) atoms. The van der Waals surface area contributed by atoms with Crippen LogP contribution in [0, 0.1) is 5.92 Å². The summed E-state index contributed by atoms with van der Waals surface area (Å²) in [5.74, 6) is 0.621. The molecule has 0 heterocycles. The summed E-state index contributed by atoms with van der Waals surface area (Å²) in [6.45, 7) is 2.77. The molecule has 2 heteroatoms. The predicted octanol–water partition coefficient (Wildman–Crippen LogP) is 3.67. The van der Waals surface area contributed by atoms with E-state index in [4.69, 9.17) is 10.5 Å². The van der Waals surface area contributed by atoms with Gasteiger partial charge in [0.15, 0.2) is 0 Å². The highest BCUT2D eigenvalue weighted by molar-refractivity contribution is 5.19. The highest BCUT2D eigenvalue weighted by Crippen LogP contribution is 2.32. The molecular formula is C16H25NO. The van der Waals surface area contributed by atoms with E-state index in [1.54, 1.807) is 0 Å². The van der Waals surface area contributed by atoms with Gasteiger partial charge in [-0.1, -0.05) is 49.6 Å². The number of hydrogen-bond donors (Lipinski definition) is 1. The summed E-state index contributed by atoms with van der Waals surface area (Å²) in [5.41, 5.74) is 7.71. The van der Waals surface area contributed by atoms with Crippen molar-refractivity contribution in [3.05, 3.63) is 35.9 Å². The van der Waals surface area contributed by atoms with Crippen molar-refractivity contribution in [1.29, 1.82) is 0 Å². The molecule has 1 fully saturated rings. The third-order valence-electron chi connectivity index (χ3n) is 4.02. The summed E-state index contributed by atoms with van der Waals surface area (Å²) in [6, 6.07) is 10.6. The maximum Gasteiger partial charge on any atom is 0.0978 e. The standard InChI is InChI=1S/C16H25NO/c1-2-18-16(14-11-7-4-8-12-14)15(17)13-9-5-3-6-10-13/h4,7-8,11-13,15-16H,2-3,5-6,9-10,17H2,1H3. The third kappa shape index (κ3) is 3.33. The topological polar surface area (TPSA) is 35.2 Å². The lowest BCUT2D eigenvalue weighted by Crippen LogP contribution is -2.38. The molecule has 2 atom stereocenters. The summed E-state index contributed by atoms with van der Waals surface area (Å²) in [7, 11) is 0. The Morgan fingerprint density at radius 3 is 2.44 bits per heavy atom. The van der Waals surface area contributed by atoms with Gasteiger partial charge >= 0.3 is 0 Å². The number of hydrogen-bond acceptors (Lipinski definition) is 2. The van der Waals surface area contributed by atoms with Crippen LogP contribution < -0.4 is 5.73 Å². The normalized spacial score (nSPS) is 20.6. The van der Waals surface area contributed by atoms with Crippen molar-refractivity contribution in [2.75, 3.05) is 6.61 Å². The van der Waals surface area contributed by atoms with E-state index in [0.717, 1.165) is 6.61 Å². The Kier molecular flexibility index (Phi) is 5.21. The fraction of sp³-hybridized carbons (Fsp3) is 0.625. The fourth-order valence-electron chi connectivity index (χ4n) is 3.02. The quantitative estimate of drug-likeness (QED) is 0.861. The van der Waals surface area contributed by atoms with Crippen molar-refractivity contribution in [3.8, 4) is 0 Å². The molecule has 2 nitrogen and oxygen atoms in total. The SMILES string of the molecule is CCOC(c1ccccc1)C(N)C1CCCCC1. The van der Waals surface area contributed by atoms with Gasteiger partial charge in [0, 0.05) is 12.6 Å². The number of ether oxygens (including phenoxy) is 1. The van der Waals surface area contributed by atoms with Crippen molar-refractivity contribution in [3.63, 3.8) is 0 Å². The van der Waals surface area contributed by atoms with E-state index >= 15 is 0 Å². The number of rotatable bonds is 5. The van der Waals surface area contributed by atoms with Crippen LogP contribution in [0.2, 0.25) is 0 Å². The van der Waals surface area contributed by atoms with Crippen molar-refractivity contribution >= 4 is 0 Å². The Morgan fingerprint density at radius 1 is 1.17 bits per heavy atom. The Hall–Kier alpha value is -0.860. The van der Waals surface area contributed by atoms with Crippen LogP contribution >= 0.6 is 0 Å². The predicted molar refractivity (Wildman–Crippen MR) is 75.4 cm³/mol. The second-order valence-electron chi connectivity index (χ2n) is 5.26. The monoisotopic (exact) mass is 247 g/mol. The molecule has 100 valence electrons. The molecular weight excluding hydrogens is 222 g/mol. The molecule has 0 bridgehead atoms. The lowest BCUT2D eigenvalue weighted by atomic mass is 9.81. The second kappa shape index (κ2) is 6.91. The molecule has 2 rings (SSSR count). The zero-order valence-corrected chi connectivity index (χ0v) is 11.3. The summed E-state index contributed by atoms with van der Waals surface area (Å²) in [6.07, 6.45) is 6.60. The first-order valence-corrected chi connectivity index (χ1v) is 7.25. The van der Waals surface area contributed by atoms with Gasteiger partial charge in [-0.2, -0.15) is 0 Å². The Labute approximate surface area is 111 Å².